The van der Waals surface area contributed by atoms with Gasteiger partial charge in [0, 0.05) is 6.04 Å². The van der Waals surface area contributed by atoms with Crippen LogP contribution >= 0.6 is 0 Å². The van der Waals surface area contributed by atoms with Crippen molar-refractivity contribution in [1.29, 1.82) is 0 Å². The van der Waals surface area contributed by atoms with Crippen molar-refractivity contribution < 1.29 is 14.4 Å². The number of hydrogen-bond acceptors (Lipinski definition) is 3. The Morgan fingerprint density at radius 2 is 1.80 bits per heavy atom. The molecule has 25 heavy (non-hydrogen) atoms. The van der Waals surface area contributed by atoms with E-state index in [0.29, 0.717) is 18.8 Å². The molecule has 0 atom stereocenters. The Balaban J connectivity index is 2.00. The minimum atomic E-state index is -0.798. The van der Waals surface area contributed by atoms with Crippen LogP contribution in [0.3, 0.4) is 0 Å². The summed E-state index contributed by atoms with van der Waals surface area (Å²) in [4.78, 5) is 38.5. The van der Waals surface area contributed by atoms with Gasteiger partial charge in [-0.2, -0.15) is 0 Å². The number of carbonyl (C=O) groups excluding carboxylic acids is 3. The zero-order valence-corrected chi connectivity index (χ0v) is 16.3. The first-order valence-electron chi connectivity index (χ1n) is 9.56. The summed E-state index contributed by atoms with van der Waals surface area (Å²) in [5, 5.41) is 5.78. The van der Waals surface area contributed by atoms with E-state index in [-0.39, 0.29) is 29.8 Å². The van der Waals surface area contributed by atoms with Crippen molar-refractivity contribution in [2.45, 2.75) is 84.7 Å². The van der Waals surface area contributed by atoms with Crippen molar-refractivity contribution in [2.24, 2.45) is 11.3 Å². The van der Waals surface area contributed by atoms with Crippen molar-refractivity contribution >= 4 is 17.8 Å². The Morgan fingerprint density at radius 1 is 1.24 bits per heavy atom. The standard InChI is InChI=1S/C19H33N3O3/c1-6-14(7-2)20-15(23)12-22-16(24)19(21-17(22)25)10-8-13(9-11-19)18(3,4)5/h13-14H,6-12H2,1-5H3,(H,20,23)(H,21,25). The molecule has 0 radical (unpaired) electrons. The smallest absolute Gasteiger partial charge is 0.325 e. The Morgan fingerprint density at radius 3 is 2.28 bits per heavy atom. The zero-order valence-electron chi connectivity index (χ0n) is 16.3. The Bertz CT molecular complexity index is 527. The summed E-state index contributed by atoms with van der Waals surface area (Å²) in [6.45, 7) is 10.5. The fourth-order valence-corrected chi connectivity index (χ4v) is 4.05. The van der Waals surface area contributed by atoms with Gasteiger partial charge >= 0.3 is 6.03 Å². The van der Waals surface area contributed by atoms with Crippen LogP contribution in [0.4, 0.5) is 4.79 Å². The summed E-state index contributed by atoms with van der Waals surface area (Å²) in [6.07, 6.45) is 4.82. The minimum Gasteiger partial charge on any atom is -0.352 e. The molecule has 2 fully saturated rings. The third-order valence-corrected chi connectivity index (χ3v) is 5.96. The molecule has 0 unspecified atom stereocenters. The first-order chi connectivity index (χ1) is 11.6. The topological polar surface area (TPSA) is 78.5 Å². The van der Waals surface area contributed by atoms with Crippen LogP contribution in [0.15, 0.2) is 0 Å². The quantitative estimate of drug-likeness (QED) is 0.748. The van der Waals surface area contributed by atoms with Crippen molar-refractivity contribution in [3.63, 3.8) is 0 Å². The molecule has 6 nitrogen and oxygen atoms in total. The van der Waals surface area contributed by atoms with Crippen molar-refractivity contribution in [3.05, 3.63) is 0 Å². The van der Waals surface area contributed by atoms with Gasteiger partial charge in [-0.1, -0.05) is 34.6 Å². The van der Waals surface area contributed by atoms with E-state index in [9.17, 15) is 14.4 Å². The van der Waals surface area contributed by atoms with Crippen LogP contribution in [-0.4, -0.2) is 40.9 Å². The molecule has 1 saturated heterocycles. The SMILES string of the molecule is CCC(CC)NC(=O)CN1C(=O)NC2(CCC(C(C)(C)C)CC2)C1=O. The molecule has 4 amide bonds. The molecule has 2 rings (SSSR count). The molecule has 0 aromatic heterocycles. The van der Waals surface area contributed by atoms with E-state index in [1.807, 2.05) is 13.8 Å². The van der Waals surface area contributed by atoms with E-state index in [4.69, 9.17) is 0 Å². The van der Waals surface area contributed by atoms with Gasteiger partial charge in [-0.25, -0.2) is 4.79 Å². The van der Waals surface area contributed by atoms with Crippen LogP contribution in [-0.2, 0) is 9.59 Å². The molecule has 142 valence electrons. The Hall–Kier alpha value is -1.59. The molecular weight excluding hydrogens is 318 g/mol. The fraction of sp³-hybridized carbons (Fsp3) is 0.842. The molecule has 2 aliphatic rings. The van der Waals surface area contributed by atoms with Crippen LogP contribution in [0.1, 0.15) is 73.1 Å². The number of nitrogens with one attached hydrogen (secondary N) is 2. The van der Waals surface area contributed by atoms with Gasteiger partial charge < -0.3 is 10.6 Å². The lowest BCUT2D eigenvalue weighted by Gasteiger charge is -2.40. The van der Waals surface area contributed by atoms with Gasteiger partial charge in [0.25, 0.3) is 5.91 Å². The molecule has 2 N–H and O–H groups in total. The largest absolute Gasteiger partial charge is 0.352 e. The summed E-state index contributed by atoms with van der Waals surface area (Å²) >= 11 is 0. The molecule has 6 heteroatoms. The highest BCUT2D eigenvalue weighted by Crippen LogP contribution is 2.43. The first-order valence-corrected chi connectivity index (χ1v) is 9.56. The van der Waals surface area contributed by atoms with Crippen LogP contribution in [0.25, 0.3) is 0 Å². The predicted molar refractivity (Wildman–Crippen MR) is 96.9 cm³/mol. The van der Waals surface area contributed by atoms with Crippen molar-refractivity contribution in [1.82, 2.24) is 15.5 Å². The van der Waals surface area contributed by atoms with Crippen molar-refractivity contribution in [3.8, 4) is 0 Å². The van der Waals surface area contributed by atoms with Gasteiger partial charge in [-0.05, 0) is 49.9 Å². The number of amides is 4. The zero-order chi connectivity index (χ0) is 18.8. The molecule has 0 aromatic carbocycles. The molecule has 1 aliphatic heterocycles. The van der Waals surface area contributed by atoms with Gasteiger partial charge in [0.1, 0.15) is 12.1 Å². The van der Waals surface area contributed by atoms with E-state index in [0.717, 1.165) is 30.6 Å². The number of imide groups is 1. The highest BCUT2D eigenvalue weighted by Gasteiger charge is 2.53. The molecule has 1 saturated carbocycles. The normalized spacial score (nSPS) is 27.1. The van der Waals surface area contributed by atoms with Gasteiger partial charge in [-0.15, -0.1) is 0 Å². The minimum absolute atomic E-state index is 0.0875. The predicted octanol–water partition coefficient (Wildman–Crippen LogP) is 2.82. The maximum Gasteiger partial charge on any atom is 0.325 e. The molecule has 1 heterocycles. The number of nitrogens with zero attached hydrogens (tertiary/aromatic N) is 1. The highest BCUT2D eigenvalue weighted by molar-refractivity contribution is 6.09. The molecule has 1 aliphatic carbocycles. The summed E-state index contributed by atoms with van der Waals surface area (Å²) in [5.74, 6) is 0.0530. The maximum absolute atomic E-state index is 12.9. The Kier molecular flexibility index (Phi) is 5.79. The lowest BCUT2D eigenvalue weighted by atomic mass is 9.67. The second-order valence-electron chi connectivity index (χ2n) is 8.62. The molecule has 0 bridgehead atoms. The fourth-order valence-electron chi connectivity index (χ4n) is 4.05. The van der Waals surface area contributed by atoms with E-state index in [1.54, 1.807) is 0 Å². The maximum atomic E-state index is 12.9. The third-order valence-electron chi connectivity index (χ3n) is 5.96. The van der Waals surface area contributed by atoms with E-state index in [1.165, 1.54) is 0 Å². The average molecular weight is 351 g/mol. The molecule has 1 spiro atoms. The van der Waals surface area contributed by atoms with Crippen LogP contribution in [0.5, 0.6) is 0 Å². The second kappa shape index (κ2) is 7.34. The van der Waals surface area contributed by atoms with Gasteiger partial charge in [0.15, 0.2) is 0 Å². The van der Waals surface area contributed by atoms with Gasteiger partial charge in [0.05, 0.1) is 0 Å². The highest BCUT2D eigenvalue weighted by atomic mass is 16.2. The van der Waals surface area contributed by atoms with E-state index in [2.05, 4.69) is 31.4 Å². The lowest BCUT2D eigenvalue weighted by molar-refractivity contribution is -0.136. The number of carbonyl (C=O) groups is 3. The van der Waals surface area contributed by atoms with Crippen LogP contribution < -0.4 is 10.6 Å². The summed E-state index contributed by atoms with van der Waals surface area (Å²) in [6, 6.07) is -0.344. The number of hydrogen-bond donors (Lipinski definition) is 2. The summed E-state index contributed by atoms with van der Waals surface area (Å²) in [7, 11) is 0. The lowest BCUT2D eigenvalue weighted by Crippen LogP contribution is -2.51. The van der Waals surface area contributed by atoms with E-state index >= 15 is 0 Å². The number of rotatable bonds is 5. The van der Waals surface area contributed by atoms with Crippen molar-refractivity contribution in [2.75, 3.05) is 6.54 Å². The van der Waals surface area contributed by atoms with E-state index < -0.39 is 11.6 Å². The molecule has 0 aromatic rings. The van der Waals surface area contributed by atoms with Gasteiger partial charge in [0.2, 0.25) is 5.91 Å². The molecular formula is C19H33N3O3. The second-order valence-corrected chi connectivity index (χ2v) is 8.62. The Labute approximate surface area is 151 Å². The third kappa shape index (κ3) is 4.15. The summed E-state index contributed by atoms with van der Waals surface area (Å²) < 4.78 is 0. The van der Waals surface area contributed by atoms with Crippen LogP contribution in [0.2, 0.25) is 0 Å². The van der Waals surface area contributed by atoms with Crippen LogP contribution in [0, 0.1) is 11.3 Å². The monoisotopic (exact) mass is 351 g/mol. The summed E-state index contributed by atoms with van der Waals surface area (Å²) in [5.41, 5.74) is -0.587. The van der Waals surface area contributed by atoms with Gasteiger partial charge in [-0.3, -0.25) is 14.5 Å². The number of urea groups is 1. The average Bonchev–Trinajstić information content (AvgIpc) is 2.76. The first kappa shape index (κ1) is 19.7.